The van der Waals surface area contributed by atoms with Gasteiger partial charge in [-0.1, -0.05) is 30.1 Å². The van der Waals surface area contributed by atoms with E-state index in [4.69, 9.17) is 23.2 Å². The van der Waals surface area contributed by atoms with E-state index >= 15 is 0 Å². The van der Waals surface area contributed by atoms with Crippen LogP contribution >= 0.6 is 23.2 Å². The molecule has 1 aromatic carbocycles. The van der Waals surface area contributed by atoms with Crippen molar-refractivity contribution >= 4 is 34.8 Å². The van der Waals surface area contributed by atoms with Gasteiger partial charge in [-0.05, 0) is 38.0 Å². The Labute approximate surface area is 130 Å². The lowest BCUT2D eigenvalue weighted by Gasteiger charge is -2.31. The normalized spacial score (nSPS) is 24.2. The number of nitrogens with one attached hydrogen (secondary N) is 2. The van der Waals surface area contributed by atoms with Gasteiger partial charge in [-0.2, -0.15) is 0 Å². The molecule has 20 heavy (non-hydrogen) atoms. The van der Waals surface area contributed by atoms with E-state index in [0.717, 1.165) is 13.1 Å². The van der Waals surface area contributed by atoms with Gasteiger partial charge in [-0.25, -0.2) is 0 Å². The summed E-state index contributed by atoms with van der Waals surface area (Å²) in [6.45, 7) is 6.33. The zero-order chi connectivity index (χ0) is 14.7. The molecule has 1 aliphatic heterocycles. The van der Waals surface area contributed by atoms with Gasteiger partial charge in [-0.15, -0.1) is 0 Å². The largest absolute Gasteiger partial charge is 0.325 e. The highest BCUT2D eigenvalue weighted by molar-refractivity contribution is 6.35. The summed E-state index contributed by atoms with van der Waals surface area (Å²) < 4.78 is 0. The van der Waals surface area contributed by atoms with E-state index in [2.05, 4.69) is 12.2 Å². The third-order valence-electron chi connectivity index (χ3n) is 4.00. The number of amides is 1. The third-order valence-corrected chi connectivity index (χ3v) is 4.56. The molecule has 2 N–H and O–H groups in total. The number of hydrogen-bond donors (Lipinski definition) is 2. The van der Waals surface area contributed by atoms with E-state index < -0.39 is 0 Å². The number of quaternary nitrogens is 1. The highest BCUT2D eigenvalue weighted by Crippen LogP contribution is 2.25. The predicted molar refractivity (Wildman–Crippen MR) is 83.6 cm³/mol. The van der Waals surface area contributed by atoms with E-state index in [1.54, 1.807) is 18.2 Å². The zero-order valence-corrected chi connectivity index (χ0v) is 13.4. The second-order valence-corrected chi connectivity index (χ2v) is 6.54. The minimum Gasteiger partial charge on any atom is -0.325 e. The first-order valence-electron chi connectivity index (χ1n) is 7.08. The van der Waals surface area contributed by atoms with Gasteiger partial charge in [0.2, 0.25) is 0 Å². The topological polar surface area (TPSA) is 33.5 Å². The quantitative estimate of drug-likeness (QED) is 0.883. The van der Waals surface area contributed by atoms with Crippen LogP contribution < -0.4 is 10.2 Å². The second kappa shape index (κ2) is 6.79. The van der Waals surface area contributed by atoms with Crippen molar-refractivity contribution in [1.82, 2.24) is 0 Å². The molecule has 0 aliphatic carbocycles. The fourth-order valence-corrected chi connectivity index (χ4v) is 3.08. The molecule has 1 heterocycles. The Morgan fingerprint density at radius 1 is 1.45 bits per heavy atom. The SMILES string of the molecule is C[C@H]1CCC[NH+]([C@@H](C)C(=O)Nc2cc(Cl)ccc2Cl)C1. The fourth-order valence-electron chi connectivity index (χ4n) is 2.74. The molecular formula is C15H21Cl2N2O+. The first-order chi connectivity index (χ1) is 9.47. The molecule has 3 nitrogen and oxygen atoms in total. The lowest BCUT2D eigenvalue weighted by atomic mass is 9.99. The Balaban J connectivity index is 2.02. The monoisotopic (exact) mass is 315 g/mol. The van der Waals surface area contributed by atoms with Crippen LogP contribution in [-0.4, -0.2) is 25.0 Å². The average molecular weight is 316 g/mol. The predicted octanol–water partition coefficient (Wildman–Crippen LogP) is 2.64. The van der Waals surface area contributed by atoms with Gasteiger partial charge in [-0.3, -0.25) is 4.79 Å². The summed E-state index contributed by atoms with van der Waals surface area (Å²) in [7, 11) is 0. The number of benzene rings is 1. The molecular weight excluding hydrogens is 295 g/mol. The van der Waals surface area contributed by atoms with Crippen molar-refractivity contribution in [2.45, 2.75) is 32.7 Å². The average Bonchev–Trinajstić information content (AvgIpc) is 2.42. The second-order valence-electron chi connectivity index (χ2n) is 5.69. The van der Waals surface area contributed by atoms with Crippen LogP contribution in [-0.2, 0) is 4.79 Å². The van der Waals surface area contributed by atoms with Gasteiger partial charge in [0, 0.05) is 10.9 Å². The molecule has 0 saturated carbocycles. The maximum absolute atomic E-state index is 12.3. The lowest BCUT2D eigenvalue weighted by Crippen LogP contribution is -3.17. The number of carbonyl (C=O) groups excluding carboxylic acids is 1. The number of likely N-dealkylation sites (tertiary alicyclic amines) is 1. The molecule has 110 valence electrons. The summed E-state index contributed by atoms with van der Waals surface area (Å²) in [5.41, 5.74) is 0.584. The lowest BCUT2D eigenvalue weighted by molar-refractivity contribution is -0.922. The number of carbonyl (C=O) groups is 1. The molecule has 1 aliphatic rings. The van der Waals surface area contributed by atoms with Crippen molar-refractivity contribution in [3.63, 3.8) is 0 Å². The van der Waals surface area contributed by atoms with Crippen molar-refractivity contribution in [2.24, 2.45) is 5.92 Å². The summed E-state index contributed by atoms with van der Waals surface area (Å²) in [6.07, 6.45) is 2.45. The first kappa shape index (κ1) is 15.6. The molecule has 1 saturated heterocycles. The minimum absolute atomic E-state index is 0.00160. The highest BCUT2D eigenvalue weighted by Gasteiger charge is 2.29. The molecule has 1 aromatic rings. The van der Waals surface area contributed by atoms with E-state index in [0.29, 0.717) is 21.7 Å². The summed E-state index contributed by atoms with van der Waals surface area (Å²) in [6, 6.07) is 5.01. The number of piperidine rings is 1. The van der Waals surface area contributed by atoms with E-state index in [1.165, 1.54) is 17.7 Å². The Kier molecular flexibility index (Phi) is 5.30. The molecule has 0 radical (unpaired) electrons. The van der Waals surface area contributed by atoms with Gasteiger partial charge >= 0.3 is 0 Å². The molecule has 1 fully saturated rings. The smallest absolute Gasteiger partial charge is 0.282 e. The Morgan fingerprint density at radius 2 is 2.20 bits per heavy atom. The molecule has 1 amide bonds. The van der Waals surface area contributed by atoms with Crippen molar-refractivity contribution in [3.05, 3.63) is 28.2 Å². The Hall–Kier alpha value is -0.770. The molecule has 0 aromatic heterocycles. The third kappa shape index (κ3) is 3.87. The van der Waals surface area contributed by atoms with Gasteiger partial charge < -0.3 is 10.2 Å². The van der Waals surface area contributed by atoms with Crippen molar-refractivity contribution in [1.29, 1.82) is 0 Å². The maximum Gasteiger partial charge on any atom is 0.282 e. The van der Waals surface area contributed by atoms with Crippen LogP contribution in [0.5, 0.6) is 0 Å². The van der Waals surface area contributed by atoms with E-state index in [1.807, 2.05) is 6.92 Å². The zero-order valence-electron chi connectivity index (χ0n) is 11.9. The van der Waals surface area contributed by atoms with Crippen molar-refractivity contribution < 1.29 is 9.69 Å². The molecule has 2 rings (SSSR count). The maximum atomic E-state index is 12.3. The molecule has 0 bridgehead atoms. The van der Waals surface area contributed by atoms with Gasteiger partial charge in [0.05, 0.1) is 23.8 Å². The van der Waals surface area contributed by atoms with Crippen molar-refractivity contribution in [3.8, 4) is 0 Å². The number of anilines is 1. The summed E-state index contributed by atoms with van der Waals surface area (Å²) in [5.74, 6) is 0.682. The first-order valence-corrected chi connectivity index (χ1v) is 7.83. The van der Waals surface area contributed by atoms with Gasteiger partial charge in [0.25, 0.3) is 5.91 Å². The standard InChI is InChI=1S/C15H20Cl2N2O/c1-10-4-3-7-19(9-10)11(2)15(20)18-14-8-12(16)5-6-13(14)17/h5-6,8,10-11H,3-4,7,9H2,1-2H3,(H,18,20)/p+1/t10-,11-/m0/s1. The molecule has 0 spiro atoms. The molecule has 1 unspecified atom stereocenters. The van der Waals surface area contributed by atoms with Gasteiger partial charge in [0.1, 0.15) is 0 Å². The van der Waals surface area contributed by atoms with Crippen LogP contribution in [0, 0.1) is 5.92 Å². The number of rotatable bonds is 3. The molecule has 5 heteroatoms. The van der Waals surface area contributed by atoms with Crippen LogP contribution in [0.3, 0.4) is 0 Å². The number of hydrogen-bond acceptors (Lipinski definition) is 1. The summed E-state index contributed by atoms with van der Waals surface area (Å²) in [4.78, 5) is 13.7. The summed E-state index contributed by atoms with van der Waals surface area (Å²) >= 11 is 12.0. The summed E-state index contributed by atoms with van der Waals surface area (Å²) in [5, 5.41) is 3.96. The fraction of sp³-hybridized carbons (Fsp3) is 0.533. The van der Waals surface area contributed by atoms with Crippen LogP contribution in [0.25, 0.3) is 0 Å². The van der Waals surface area contributed by atoms with Gasteiger partial charge in [0.15, 0.2) is 6.04 Å². The molecule has 3 atom stereocenters. The number of halogens is 2. The van der Waals surface area contributed by atoms with Crippen LogP contribution in [0.1, 0.15) is 26.7 Å². The Morgan fingerprint density at radius 3 is 2.90 bits per heavy atom. The van der Waals surface area contributed by atoms with Crippen LogP contribution in [0.4, 0.5) is 5.69 Å². The van der Waals surface area contributed by atoms with Crippen LogP contribution in [0.15, 0.2) is 18.2 Å². The van der Waals surface area contributed by atoms with E-state index in [-0.39, 0.29) is 11.9 Å². The Bertz CT molecular complexity index is 493. The van der Waals surface area contributed by atoms with Crippen LogP contribution in [0.2, 0.25) is 10.0 Å². The van der Waals surface area contributed by atoms with E-state index in [9.17, 15) is 4.79 Å². The van der Waals surface area contributed by atoms with Crippen molar-refractivity contribution in [2.75, 3.05) is 18.4 Å². The minimum atomic E-state index is -0.0761. The highest BCUT2D eigenvalue weighted by atomic mass is 35.5.